The van der Waals surface area contributed by atoms with Crippen LogP contribution in [0.4, 0.5) is 0 Å². The summed E-state index contributed by atoms with van der Waals surface area (Å²) in [7, 11) is 1.97. The lowest BCUT2D eigenvalue weighted by atomic mass is 10.1. The number of hydrogen-bond donors (Lipinski definition) is 1. The molecule has 100 valence electrons. The summed E-state index contributed by atoms with van der Waals surface area (Å²) in [5.74, 6) is 0. The zero-order chi connectivity index (χ0) is 12.8. The van der Waals surface area contributed by atoms with Crippen molar-refractivity contribution in [3.63, 3.8) is 0 Å². The Kier molecular flexibility index (Phi) is 5.17. The molecule has 1 aliphatic heterocycles. The quantitative estimate of drug-likeness (QED) is 0.869. The van der Waals surface area contributed by atoms with Crippen molar-refractivity contribution >= 4 is 0 Å². The van der Waals surface area contributed by atoms with E-state index < -0.39 is 0 Å². The molecule has 0 spiro atoms. The van der Waals surface area contributed by atoms with Crippen molar-refractivity contribution in [1.29, 1.82) is 0 Å². The molecule has 1 unspecified atom stereocenters. The topological polar surface area (TPSA) is 30.5 Å². The zero-order valence-corrected chi connectivity index (χ0v) is 11.3. The van der Waals surface area contributed by atoms with E-state index in [0.29, 0.717) is 6.10 Å². The Bertz CT molecular complexity index is 344. The Morgan fingerprint density at radius 3 is 2.56 bits per heavy atom. The summed E-state index contributed by atoms with van der Waals surface area (Å²) in [6.45, 7) is 4.60. The molecule has 2 rings (SSSR count). The monoisotopic (exact) mass is 249 g/mol. The van der Waals surface area contributed by atoms with Gasteiger partial charge in [-0.15, -0.1) is 0 Å². The molecule has 1 fully saturated rings. The number of rotatable bonds is 5. The summed E-state index contributed by atoms with van der Waals surface area (Å²) < 4.78 is 11.6. The average Bonchev–Trinajstić information content (AvgIpc) is 2.40. The highest BCUT2D eigenvalue weighted by Gasteiger charge is 2.20. The summed E-state index contributed by atoms with van der Waals surface area (Å²) in [6.07, 6.45) is 2.48. The molecule has 0 aliphatic carbocycles. The first-order chi connectivity index (χ1) is 8.79. The van der Waals surface area contributed by atoms with Gasteiger partial charge in [0.1, 0.15) is 0 Å². The molecule has 3 heteroatoms. The summed E-state index contributed by atoms with van der Waals surface area (Å²) in [5, 5.41) is 3.21. The molecular formula is C15H23NO2. The lowest BCUT2D eigenvalue weighted by molar-refractivity contribution is -0.0684. The van der Waals surface area contributed by atoms with Crippen molar-refractivity contribution in [3.8, 4) is 0 Å². The summed E-state index contributed by atoms with van der Waals surface area (Å²) >= 11 is 0. The van der Waals surface area contributed by atoms with Crippen molar-refractivity contribution in [2.45, 2.75) is 32.0 Å². The van der Waals surface area contributed by atoms with Crippen molar-refractivity contribution in [2.75, 3.05) is 26.8 Å². The maximum atomic E-state index is 6.22. The second-order valence-corrected chi connectivity index (χ2v) is 4.90. The molecule has 1 N–H and O–H groups in total. The fourth-order valence-electron chi connectivity index (χ4n) is 2.26. The molecule has 1 saturated heterocycles. The average molecular weight is 249 g/mol. The Morgan fingerprint density at radius 1 is 1.28 bits per heavy atom. The zero-order valence-electron chi connectivity index (χ0n) is 11.3. The molecule has 0 amide bonds. The van der Waals surface area contributed by atoms with E-state index in [0.717, 1.165) is 32.6 Å². The van der Waals surface area contributed by atoms with Gasteiger partial charge in [0.15, 0.2) is 0 Å². The molecule has 3 nitrogen and oxygen atoms in total. The van der Waals surface area contributed by atoms with Crippen LogP contribution in [0.1, 0.15) is 30.1 Å². The molecule has 0 saturated carbocycles. The second-order valence-electron chi connectivity index (χ2n) is 4.90. The van der Waals surface area contributed by atoms with E-state index in [1.54, 1.807) is 0 Å². The largest absolute Gasteiger partial charge is 0.381 e. The van der Waals surface area contributed by atoms with Gasteiger partial charge in [-0.3, -0.25) is 0 Å². The van der Waals surface area contributed by atoms with Crippen molar-refractivity contribution < 1.29 is 9.47 Å². The van der Waals surface area contributed by atoms with Crippen LogP contribution in [-0.2, 0) is 9.47 Å². The van der Waals surface area contributed by atoms with E-state index in [1.165, 1.54) is 11.1 Å². The van der Waals surface area contributed by atoms with Gasteiger partial charge >= 0.3 is 0 Å². The van der Waals surface area contributed by atoms with Gasteiger partial charge in [0.25, 0.3) is 0 Å². The standard InChI is InChI=1S/C15H23NO2/c1-12-3-5-13(6-4-12)15(11-16-2)18-14-7-9-17-10-8-14/h3-6,14-16H,7-11H2,1-2H3. The fourth-order valence-corrected chi connectivity index (χ4v) is 2.26. The van der Waals surface area contributed by atoms with Crippen LogP contribution in [0.2, 0.25) is 0 Å². The van der Waals surface area contributed by atoms with Gasteiger partial charge in [0.2, 0.25) is 0 Å². The molecule has 1 aromatic rings. The lowest BCUT2D eigenvalue weighted by Gasteiger charge is -2.28. The van der Waals surface area contributed by atoms with E-state index in [4.69, 9.17) is 9.47 Å². The second kappa shape index (κ2) is 6.88. The number of nitrogens with one attached hydrogen (secondary N) is 1. The number of aryl methyl sites for hydroxylation is 1. The van der Waals surface area contributed by atoms with Crippen LogP contribution >= 0.6 is 0 Å². The van der Waals surface area contributed by atoms with E-state index >= 15 is 0 Å². The maximum absolute atomic E-state index is 6.22. The predicted octanol–water partition coefficient (Wildman–Crippen LogP) is 2.45. The smallest absolute Gasteiger partial charge is 0.0952 e. The summed E-state index contributed by atoms with van der Waals surface area (Å²) in [5.41, 5.74) is 2.54. The molecule has 18 heavy (non-hydrogen) atoms. The molecule has 1 aliphatic rings. The van der Waals surface area contributed by atoms with Crippen LogP contribution in [0.15, 0.2) is 24.3 Å². The predicted molar refractivity (Wildman–Crippen MR) is 72.8 cm³/mol. The number of likely N-dealkylation sites (N-methyl/N-ethyl adjacent to an activating group) is 1. The molecule has 0 bridgehead atoms. The maximum Gasteiger partial charge on any atom is 0.0952 e. The van der Waals surface area contributed by atoms with E-state index in [1.807, 2.05) is 7.05 Å². The number of benzene rings is 1. The highest BCUT2D eigenvalue weighted by Crippen LogP contribution is 2.23. The van der Waals surface area contributed by atoms with Crippen molar-refractivity contribution in [1.82, 2.24) is 5.32 Å². The van der Waals surface area contributed by atoms with Gasteiger partial charge in [0.05, 0.1) is 12.2 Å². The molecule has 0 radical (unpaired) electrons. The van der Waals surface area contributed by atoms with E-state index in [-0.39, 0.29) is 6.10 Å². The van der Waals surface area contributed by atoms with E-state index in [2.05, 4.69) is 36.5 Å². The van der Waals surface area contributed by atoms with Crippen LogP contribution in [0, 0.1) is 6.92 Å². The SMILES string of the molecule is CNCC(OC1CCOCC1)c1ccc(C)cc1. The first-order valence-electron chi connectivity index (χ1n) is 6.74. The van der Waals surface area contributed by atoms with Gasteiger partial charge in [0, 0.05) is 19.8 Å². The Labute approximate surface area is 109 Å². The lowest BCUT2D eigenvalue weighted by Crippen LogP contribution is -2.29. The van der Waals surface area contributed by atoms with Crippen LogP contribution in [0.3, 0.4) is 0 Å². The summed E-state index contributed by atoms with van der Waals surface area (Å²) in [6, 6.07) is 8.62. The molecule has 1 heterocycles. The third-order valence-electron chi connectivity index (χ3n) is 3.36. The Balaban J connectivity index is 2.00. The van der Waals surface area contributed by atoms with Crippen molar-refractivity contribution in [3.05, 3.63) is 35.4 Å². The van der Waals surface area contributed by atoms with Gasteiger partial charge < -0.3 is 14.8 Å². The Morgan fingerprint density at radius 2 is 1.94 bits per heavy atom. The molecule has 0 aromatic heterocycles. The fraction of sp³-hybridized carbons (Fsp3) is 0.600. The molecule has 1 atom stereocenters. The highest BCUT2D eigenvalue weighted by molar-refractivity contribution is 5.23. The minimum atomic E-state index is 0.138. The minimum absolute atomic E-state index is 0.138. The van der Waals surface area contributed by atoms with Crippen LogP contribution in [0.25, 0.3) is 0 Å². The van der Waals surface area contributed by atoms with Crippen LogP contribution in [-0.4, -0.2) is 32.9 Å². The van der Waals surface area contributed by atoms with Crippen molar-refractivity contribution in [2.24, 2.45) is 0 Å². The van der Waals surface area contributed by atoms with Gasteiger partial charge in [-0.25, -0.2) is 0 Å². The van der Waals surface area contributed by atoms with Gasteiger partial charge in [-0.2, -0.15) is 0 Å². The number of hydrogen-bond acceptors (Lipinski definition) is 3. The Hall–Kier alpha value is -0.900. The molecule has 1 aromatic carbocycles. The first-order valence-corrected chi connectivity index (χ1v) is 6.74. The first kappa shape index (κ1) is 13.5. The summed E-state index contributed by atoms with van der Waals surface area (Å²) in [4.78, 5) is 0. The number of ether oxygens (including phenoxy) is 2. The van der Waals surface area contributed by atoms with Gasteiger partial charge in [-0.05, 0) is 32.4 Å². The normalized spacial score (nSPS) is 18.8. The highest BCUT2D eigenvalue weighted by atomic mass is 16.5. The minimum Gasteiger partial charge on any atom is -0.381 e. The van der Waals surface area contributed by atoms with Gasteiger partial charge in [-0.1, -0.05) is 29.8 Å². The third-order valence-corrected chi connectivity index (χ3v) is 3.36. The van der Waals surface area contributed by atoms with Crippen LogP contribution in [0.5, 0.6) is 0 Å². The van der Waals surface area contributed by atoms with E-state index in [9.17, 15) is 0 Å². The third kappa shape index (κ3) is 3.80. The van der Waals surface area contributed by atoms with Crippen LogP contribution < -0.4 is 5.32 Å². The molecular weight excluding hydrogens is 226 g/mol.